The zero-order valence-corrected chi connectivity index (χ0v) is 26.9. The highest BCUT2D eigenvalue weighted by atomic mass is 15.0. The summed E-state index contributed by atoms with van der Waals surface area (Å²) in [6.07, 6.45) is 9.74. The Kier molecular flexibility index (Phi) is 8.38. The van der Waals surface area contributed by atoms with Crippen LogP contribution in [0, 0.1) is 0 Å². The molecule has 0 saturated carbocycles. The molecule has 0 aliphatic heterocycles. The quantitative estimate of drug-likeness (QED) is 0.176. The van der Waals surface area contributed by atoms with Gasteiger partial charge in [-0.15, -0.1) is 0 Å². The van der Waals surface area contributed by atoms with Crippen molar-refractivity contribution in [2.45, 2.75) is 6.42 Å². The monoisotopic (exact) mass is 627 g/mol. The first-order chi connectivity index (χ1) is 24.3. The second-order valence-electron chi connectivity index (χ2n) is 12.1. The molecule has 232 valence electrons. The molecule has 0 saturated heterocycles. The van der Waals surface area contributed by atoms with Crippen LogP contribution in [0.4, 0.5) is 0 Å². The van der Waals surface area contributed by atoms with Crippen molar-refractivity contribution in [3.63, 3.8) is 0 Å². The van der Waals surface area contributed by atoms with E-state index in [1.165, 1.54) is 33.4 Å². The summed E-state index contributed by atoms with van der Waals surface area (Å²) in [4.78, 5) is 14.8. The number of nitrogens with zero attached hydrogens (tertiary/aromatic N) is 3. The molecular formula is C46H33N3. The highest BCUT2D eigenvalue weighted by Gasteiger charge is 2.14. The summed E-state index contributed by atoms with van der Waals surface area (Å²) in [5.74, 6) is 1.97. The molecule has 3 nitrogen and oxygen atoms in total. The van der Waals surface area contributed by atoms with Crippen LogP contribution in [-0.4, -0.2) is 15.0 Å². The lowest BCUT2D eigenvalue weighted by atomic mass is 9.92. The Morgan fingerprint density at radius 2 is 0.755 bits per heavy atom. The summed E-state index contributed by atoms with van der Waals surface area (Å²) in [6, 6.07) is 56.9. The fourth-order valence-corrected chi connectivity index (χ4v) is 6.24. The molecule has 7 aromatic rings. The topological polar surface area (TPSA) is 38.7 Å². The van der Waals surface area contributed by atoms with E-state index in [1.54, 1.807) is 0 Å². The van der Waals surface area contributed by atoms with Crippen molar-refractivity contribution < 1.29 is 0 Å². The molecule has 6 aromatic carbocycles. The molecule has 0 bridgehead atoms. The molecule has 1 aliphatic rings. The Balaban J connectivity index is 1.13. The molecule has 0 unspecified atom stereocenters. The summed E-state index contributed by atoms with van der Waals surface area (Å²) in [5.41, 5.74) is 12.5. The van der Waals surface area contributed by atoms with Gasteiger partial charge >= 0.3 is 0 Å². The van der Waals surface area contributed by atoms with Crippen molar-refractivity contribution in [3.05, 3.63) is 199 Å². The maximum Gasteiger partial charge on any atom is 0.164 e. The summed E-state index contributed by atoms with van der Waals surface area (Å²) in [5, 5.41) is 0. The summed E-state index contributed by atoms with van der Waals surface area (Å²) in [7, 11) is 0. The number of rotatable bonds is 7. The van der Waals surface area contributed by atoms with Gasteiger partial charge in [-0.25, -0.2) is 15.0 Å². The van der Waals surface area contributed by atoms with Crippen molar-refractivity contribution in [1.82, 2.24) is 15.0 Å². The third-order valence-corrected chi connectivity index (χ3v) is 8.79. The third kappa shape index (κ3) is 6.69. The Labute approximate surface area is 287 Å². The van der Waals surface area contributed by atoms with Crippen LogP contribution in [-0.2, 0) is 0 Å². The second-order valence-corrected chi connectivity index (χ2v) is 12.1. The molecule has 1 aliphatic carbocycles. The SMILES string of the molecule is C1=CC(c2cccc(-c3nc(-c4ccccc4)nc(-c4ccccc4)n3)c2)=CCC(c2cc(-c3ccccc3)cc(-c3ccccc3)c2)=C1. The van der Waals surface area contributed by atoms with E-state index in [0.29, 0.717) is 17.5 Å². The molecule has 0 spiro atoms. The van der Waals surface area contributed by atoms with Gasteiger partial charge in [0.05, 0.1) is 0 Å². The highest BCUT2D eigenvalue weighted by molar-refractivity contribution is 5.85. The highest BCUT2D eigenvalue weighted by Crippen LogP contribution is 2.34. The minimum absolute atomic E-state index is 0.651. The van der Waals surface area contributed by atoms with Gasteiger partial charge in [0.15, 0.2) is 17.5 Å². The summed E-state index contributed by atoms with van der Waals surface area (Å²) < 4.78 is 0. The lowest BCUT2D eigenvalue weighted by molar-refractivity contribution is 1.07. The third-order valence-electron chi connectivity index (χ3n) is 8.79. The van der Waals surface area contributed by atoms with Crippen molar-refractivity contribution in [2.24, 2.45) is 0 Å². The molecule has 8 rings (SSSR count). The predicted octanol–water partition coefficient (Wildman–Crippen LogP) is 11.6. The first-order valence-corrected chi connectivity index (χ1v) is 16.6. The van der Waals surface area contributed by atoms with E-state index in [0.717, 1.165) is 34.2 Å². The van der Waals surface area contributed by atoms with E-state index in [1.807, 2.05) is 60.7 Å². The Hall–Kier alpha value is -6.45. The average Bonchev–Trinajstić information content (AvgIpc) is 3.46. The maximum absolute atomic E-state index is 4.95. The average molecular weight is 628 g/mol. The van der Waals surface area contributed by atoms with Gasteiger partial charge in [0.25, 0.3) is 0 Å². The van der Waals surface area contributed by atoms with Crippen LogP contribution in [0.2, 0.25) is 0 Å². The molecule has 3 heteroatoms. The van der Waals surface area contributed by atoms with Crippen LogP contribution in [0.3, 0.4) is 0 Å². The van der Waals surface area contributed by atoms with Crippen LogP contribution in [0.15, 0.2) is 188 Å². The Morgan fingerprint density at radius 3 is 1.29 bits per heavy atom. The minimum Gasteiger partial charge on any atom is -0.208 e. The smallest absolute Gasteiger partial charge is 0.164 e. The van der Waals surface area contributed by atoms with Gasteiger partial charge in [-0.1, -0.05) is 164 Å². The van der Waals surface area contributed by atoms with Crippen LogP contribution < -0.4 is 0 Å². The molecule has 1 aromatic heterocycles. The van der Waals surface area contributed by atoms with E-state index >= 15 is 0 Å². The zero-order chi connectivity index (χ0) is 32.8. The van der Waals surface area contributed by atoms with E-state index < -0.39 is 0 Å². The molecule has 1 heterocycles. The van der Waals surface area contributed by atoms with Gasteiger partial charge in [0.2, 0.25) is 0 Å². The lowest BCUT2D eigenvalue weighted by Crippen LogP contribution is -2.00. The molecule has 0 amide bonds. The number of hydrogen-bond acceptors (Lipinski definition) is 3. The van der Waals surface area contributed by atoms with Gasteiger partial charge < -0.3 is 0 Å². The molecule has 0 fully saturated rings. The molecule has 0 N–H and O–H groups in total. The normalized spacial score (nSPS) is 12.6. The predicted molar refractivity (Wildman–Crippen MR) is 203 cm³/mol. The van der Waals surface area contributed by atoms with Crippen LogP contribution in [0.5, 0.6) is 0 Å². The van der Waals surface area contributed by atoms with Crippen molar-refractivity contribution in [1.29, 1.82) is 0 Å². The summed E-state index contributed by atoms with van der Waals surface area (Å²) in [6.45, 7) is 0. The van der Waals surface area contributed by atoms with Gasteiger partial charge in [-0.2, -0.15) is 0 Å². The number of aromatic nitrogens is 3. The Morgan fingerprint density at radius 1 is 0.347 bits per heavy atom. The molecule has 49 heavy (non-hydrogen) atoms. The summed E-state index contributed by atoms with van der Waals surface area (Å²) >= 11 is 0. The van der Waals surface area contributed by atoms with Gasteiger partial charge in [0, 0.05) is 16.7 Å². The van der Waals surface area contributed by atoms with E-state index in [9.17, 15) is 0 Å². The fraction of sp³-hybridized carbons (Fsp3) is 0.0217. The molecule has 0 radical (unpaired) electrons. The number of benzene rings is 6. The van der Waals surface area contributed by atoms with Gasteiger partial charge in [-0.3, -0.25) is 0 Å². The Bertz CT molecular complexity index is 2210. The first-order valence-electron chi connectivity index (χ1n) is 16.6. The number of allylic oxidation sites excluding steroid dienone is 6. The maximum atomic E-state index is 4.95. The van der Waals surface area contributed by atoms with Crippen LogP contribution in [0.25, 0.3) is 67.6 Å². The van der Waals surface area contributed by atoms with Gasteiger partial charge in [0.1, 0.15) is 0 Å². The van der Waals surface area contributed by atoms with Crippen molar-refractivity contribution in [3.8, 4) is 56.4 Å². The second kappa shape index (κ2) is 13.7. The van der Waals surface area contributed by atoms with Crippen molar-refractivity contribution in [2.75, 3.05) is 0 Å². The zero-order valence-electron chi connectivity index (χ0n) is 26.9. The van der Waals surface area contributed by atoms with Crippen LogP contribution >= 0.6 is 0 Å². The standard InChI is InChI=1S/C46H33N3/c1-5-15-33(16-6-1)41-30-42(34-17-7-2-8-18-34)32-43(31-41)36-24-13-23-35(27-28-36)39-25-14-26-40(29-39)46-48-44(37-19-9-3-10-20-37)47-45(49-46)38-21-11-4-12-22-38/h1-27,29-32H,28H2. The minimum atomic E-state index is 0.651. The van der Waals surface area contributed by atoms with Crippen LogP contribution in [0.1, 0.15) is 17.5 Å². The van der Waals surface area contributed by atoms with Crippen molar-refractivity contribution >= 4 is 11.1 Å². The number of hydrogen-bond donors (Lipinski definition) is 0. The first kappa shape index (κ1) is 29.9. The van der Waals surface area contributed by atoms with E-state index in [4.69, 9.17) is 15.0 Å². The fourth-order valence-electron chi connectivity index (χ4n) is 6.24. The van der Waals surface area contributed by atoms with E-state index in [-0.39, 0.29) is 0 Å². The molecule has 0 atom stereocenters. The lowest BCUT2D eigenvalue weighted by Gasteiger charge is -2.13. The van der Waals surface area contributed by atoms with E-state index in [2.05, 4.69) is 127 Å². The molecular weight excluding hydrogens is 595 g/mol. The van der Waals surface area contributed by atoms with Gasteiger partial charge in [-0.05, 0) is 75.2 Å². The largest absolute Gasteiger partial charge is 0.208 e.